The second-order valence-corrected chi connectivity index (χ2v) is 5.92. The number of hydrogen-bond acceptors (Lipinski definition) is 2. The number of nitrogens with zero attached hydrogens (tertiary/aromatic N) is 1. The Kier molecular flexibility index (Phi) is 4.66. The summed E-state index contributed by atoms with van der Waals surface area (Å²) in [7, 11) is 0. The van der Waals surface area contributed by atoms with Crippen molar-refractivity contribution in [1.29, 1.82) is 0 Å². The molecule has 24 heavy (non-hydrogen) atoms. The van der Waals surface area contributed by atoms with Crippen molar-refractivity contribution >= 4 is 34.9 Å². The molecule has 1 unspecified atom stereocenters. The lowest BCUT2D eigenvalue weighted by Gasteiger charge is -2.17. The molecule has 0 aliphatic carbocycles. The summed E-state index contributed by atoms with van der Waals surface area (Å²) in [5, 5.41) is 6.03. The first-order chi connectivity index (χ1) is 11.5. The van der Waals surface area contributed by atoms with Crippen molar-refractivity contribution in [2.45, 2.75) is 12.5 Å². The van der Waals surface area contributed by atoms with Gasteiger partial charge in [-0.15, -0.1) is 0 Å². The van der Waals surface area contributed by atoms with Crippen LogP contribution in [0.4, 0.5) is 20.6 Å². The van der Waals surface area contributed by atoms with Gasteiger partial charge in [0.2, 0.25) is 5.91 Å². The highest BCUT2D eigenvalue weighted by Gasteiger charge is 2.31. The topological polar surface area (TPSA) is 61.4 Å². The molecule has 3 amide bonds. The van der Waals surface area contributed by atoms with E-state index in [9.17, 15) is 14.0 Å². The zero-order valence-corrected chi connectivity index (χ0v) is 13.4. The number of carbonyl (C=O) groups is 2. The molecule has 2 aromatic rings. The Hall–Kier alpha value is -2.60. The molecule has 124 valence electrons. The SMILES string of the molecule is O=C(Nc1ccc(Cl)cc1)NC1CC(=O)N(c2ccc(F)cc2)C1. The first kappa shape index (κ1) is 16.3. The molecule has 2 aromatic carbocycles. The minimum atomic E-state index is -0.393. The van der Waals surface area contributed by atoms with Gasteiger partial charge in [-0.2, -0.15) is 0 Å². The maximum absolute atomic E-state index is 13.0. The number of rotatable bonds is 3. The second-order valence-electron chi connectivity index (χ2n) is 5.49. The Morgan fingerprint density at radius 2 is 1.79 bits per heavy atom. The fourth-order valence-electron chi connectivity index (χ4n) is 2.56. The summed E-state index contributed by atoms with van der Waals surface area (Å²) < 4.78 is 13.0. The van der Waals surface area contributed by atoms with Crippen LogP contribution in [0.3, 0.4) is 0 Å². The Bertz CT molecular complexity index is 749. The molecule has 0 saturated carbocycles. The fraction of sp³-hybridized carbons (Fsp3) is 0.176. The molecule has 5 nitrogen and oxygen atoms in total. The van der Waals surface area contributed by atoms with Crippen LogP contribution >= 0.6 is 11.6 Å². The minimum absolute atomic E-state index is 0.113. The minimum Gasteiger partial charge on any atom is -0.333 e. The molecule has 1 aliphatic rings. The van der Waals surface area contributed by atoms with E-state index in [1.165, 1.54) is 17.0 Å². The maximum atomic E-state index is 13.0. The zero-order valence-electron chi connectivity index (χ0n) is 12.6. The molecule has 1 saturated heterocycles. The van der Waals surface area contributed by atoms with E-state index in [0.717, 1.165) is 0 Å². The predicted octanol–water partition coefficient (Wildman–Crippen LogP) is 3.41. The van der Waals surface area contributed by atoms with Crippen LogP contribution < -0.4 is 15.5 Å². The van der Waals surface area contributed by atoms with Gasteiger partial charge >= 0.3 is 6.03 Å². The van der Waals surface area contributed by atoms with Gasteiger partial charge in [0, 0.05) is 29.4 Å². The number of anilines is 2. The Morgan fingerprint density at radius 3 is 2.46 bits per heavy atom. The Morgan fingerprint density at radius 1 is 1.12 bits per heavy atom. The largest absolute Gasteiger partial charge is 0.333 e. The van der Waals surface area contributed by atoms with Crippen molar-refractivity contribution in [2.75, 3.05) is 16.8 Å². The normalized spacial score (nSPS) is 17.0. The van der Waals surface area contributed by atoms with Gasteiger partial charge in [0.1, 0.15) is 5.82 Å². The van der Waals surface area contributed by atoms with Crippen LogP contribution in [0.2, 0.25) is 5.02 Å². The smallest absolute Gasteiger partial charge is 0.319 e. The number of amides is 3. The van der Waals surface area contributed by atoms with Crippen molar-refractivity contribution in [1.82, 2.24) is 5.32 Å². The number of carbonyl (C=O) groups excluding carboxylic acids is 2. The van der Waals surface area contributed by atoms with Crippen LogP contribution in [-0.4, -0.2) is 24.5 Å². The predicted molar refractivity (Wildman–Crippen MR) is 90.8 cm³/mol. The molecule has 0 bridgehead atoms. The summed E-state index contributed by atoms with van der Waals surface area (Å²) in [6, 6.07) is 11.7. The van der Waals surface area contributed by atoms with Crippen molar-refractivity contribution in [3.8, 4) is 0 Å². The quantitative estimate of drug-likeness (QED) is 0.893. The third-order valence-corrected chi connectivity index (χ3v) is 3.95. The van der Waals surface area contributed by atoms with E-state index in [-0.39, 0.29) is 24.2 Å². The van der Waals surface area contributed by atoms with Crippen LogP contribution in [0.5, 0.6) is 0 Å². The summed E-state index contributed by atoms with van der Waals surface area (Å²) in [5.41, 5.74) is 1.22. The molecular formula is C17H15ClFN3O2. The van der Waals surface area contributed by atoms with E-state index in [4.69, 9.17) is 11.6 Å². The monoisotopic (exact) mass is 347 g/mol. The molecular weight excluding hydrogens is 333 g/mol. The van der Waals surface area contributed by atoms with E-state index in [2.05, 4.69) is 10.6 Å². The van der Waals surface area contributed by atoms with E-state index < -0.39 is 6.03 Å². The lowest BCUT2D eigenvalue weighted by atomic mass is 10.2. The highest BCUT2D eigenvalue weighted by molar-refractivity contribution is 6.30. The lowest BCUT2D eigenvalue weighted by Crippen LogP contribution is -2.39. The summed E-state index contributed by atoms with van der Waals surface area (Å²) >= 11 is 5.79. The Balaban J connectivity index is 1.58. The number of halogens is 2. The van der Waals surface area contributed by atoms with E-state index in [0.29, 0.717) is 22.9 Å². The van der Waals surface area contributed by atoms with Gasteiger partial charge in [-0.25, -0.2) is 9.18 Å². The molecule has 1 heterocycles. The first-order valence-corrected chi connectivity index (χ1v) is 7.78. The molecule has 0 spiro atoms. The van der Waals surface area contributed by atoms with E-state index >= 15 is 0 Å². The molecule has 2 N–H and O–H groups in total. The van der Waals surface area contributed by atoms with Crippen molar-refractivity contribution in [3.63, 3.8) is 0 Å². The summed E-state index contributed by atoms with van der Waals surface area (Å²) in [6.07, 6.45) is 0.200. The number of urea groups is 1. The summed E-state index contributed by atoms with van der Waals surface area (Å²) in [6.45, 7) is 0.346. The molecule has 1 atom stereocenters. The molecule has 1 aliphatic heterocycles. The third kappa shape index (κ3) is 3.83. The molecule has 7 heteroatoms. The fourth-order valence-corrected chi connectivity index (χ4v) is 2.69. The van der Waals surface area contributed by atoms with Crippen LogP contribution in [-0.2, 0) is 4.79 Å². The van der Waals surface area contributed by atoms with Gasteiger partial charge < -0.3 is 15.5 Å². The van der Waals surface area contributed by atoms with Crippen LogP contribution in [0.1, 0.15) is 6.42 Å². The van der Waals surface area contributed by atoms with Crippen LogP contribution in [0, 0.1) is 5.82 Å². The molecule has 3 rings (SSSR count). The molecule has 0 aromatic heterocycles. The van der Waals surface area contributed by atoms with E-state index in [1.54, 1.807) is 36.4 Å². The van der Waals surface area contributed by atoms with Crippen molar-refractivity contribution in [2.24, 2.45) is 0 Å². The van der Waals surface area contributed by atoms with E-state index in [1.807, 2.05) is 0 Å². The number of nitrogens with one attached hydrogen (secondary N) is 2. The van der Waals surface area contributed by atoms with Gasteiger partial charge in [-0.3, -0.25) is 4.79 Å². The second kappa shape index (κ2) is 6.88. The van der Waals surface area contributed by atoms with Crippen molar-refractivity contribution in [3.05, 3.63) is 59.4 Å². The standard InChI is InChI=1S/C17H15ClFN3O2/c18-11-1-5-13(6-2-11)20-17(24)21-14-9-16(23)22(10-14)15-7-3-12(19)4-8-15/h1-8,14H,9-10H2,(H2,20,21,24). The number of hydrogen-bond donors (Lipinski definition) is 2. The average molecular weight is 348 g/mol. The van der Waals surface area contributed by atoms with Crippen LogP contribution in [0.15, 0.2) is 48.5 Å². The van der Waals surface area contributed by atoms with Gasteiger partial charge in [0.15, 0.2) is 0 Å². The van der Waals surface area contributed by atoms with Crippen molar-refractivity contribution < 1.29 is 14.0 Å². The van der Waals surface area contributed by atoms with Gasteiger partial charge in [0.25, 0.3) is 0 Å². The first-order valence-electron chi connectivity index (χ1n) is 7.40. The van der Waals surface area contributed by atoms with Gasteiger partial charge in [-0.05, 0) is 48.5 Å². The van der Waals surface area contributed by atoms with Gasteiger partial charge in [-0.1, -0.05) is 11.6 Å². The number of benzene rings is 2. The lowest BCUT2D eigenvalue weighted by molar-refractivity contribution is -0.117. The molecule has 1 fully saturated rings. The highest BCUT2D eigenvalue weighted by Crippen LogP contribution is 2.22. The highest BCUT2D eigenvalue weighted by atomic mass is 35.5. The summed E-state index contributed by atoms with van der Waals surface area (Å²) in [4.78, 5) is 25.6. The molecule has 0 radical (unpaired) electrons. The Labute approximate surface area is 143 Å². The third-order valence-electron chi connectivity index (χ3n) is 3.70. The maximum Gasteiger partial charge on any atom is 0.319 e. The van der Waals surface area contributed by atoms with Gasteiger partial charge in [0.05, 0.1) is 6.04 Å². The summed E-state index contributed by atoms with van der Waals surface area (Å²) in [5.74, 6) is -0.471. The average Bonchev–Trinajstić information content (AvgIpc) is 2.90. The van der Waals surface area contributed by atoms with Crippen LogP contribution in [0.25, 0.3) is 0 Å². The zero-order chi connectivity index (χ0) is 17.1.